The van der Waals surface area contributed by atoms with Crippen LogP contribution in [-0.4, -0.2) is 76.9 Å². The van der Waals surface area contributed by atoms with Gasteiger partial charge in [-0.2, -0.15) is 0 Å². The van der Waals surface area contributed by atoms with Gasteiger partial charge in [0.15, 0.2) is 11.4 Å². The van der Waals surface area contributed by atoms with Crippen LogP contribution in [0.5, 0.6) is 11.6 Å². The van der Waals surface area contributed by atoms with Crippen molar-refractivity contribution in [2.24, 2.45) is 11.8 Å². The number of nitrogens with one attached hydrogen (secondary N) is 1. The molecule has 0 unspecified atom stereocenters. The van der Waals surface area contributed by atoms with E-state index in [2.05, 4.69) is 10.5 Å². The Morgan fingerprint density at radius 3 is 2.57 bits per heavy atom. The Balaban J connectivity index is 1.28. The van der Waals surface area contributed by atoms with Crippen LogP contribution in [0.25, 0.3) is 16.5 Å². The number of ether oxygens (including phenoxy) is 2. The van der Waals surface area contributed by atoms with Crippen molar-refractivity contribution < 1.29 is 38.9 Å². The molecule has 0 aliphatic heterocycles. The van der Waals surface area contributed by atoms with E-state index in [1.54, 1.807) is 26.1 Å². The zero-order valence-corrected chi connectivity index (χ0v) is 26.4. The summed E-state index contributed by atoms with van der Waals surface area (Å²) in [5.41, 5.74) is -0.0544. The average Bonchev–Trinajstić information content (AvgIpc) is 3.47. The number of phenolic OH excluding ortho intramolecular Hbond substituents is 1. The monoisotopic (exact) mass is 639 g/mol. The Hall–Kier alpha value is -4.55. The molecule has 7 rings (SSSR count). The van der Waals surface area contributed by atoms with Crippen LogP contribution in [0.1, 0.15) is 50.8 Å². The fourth-order valence-corrected chi connectivity index (χ4v) is 7.58. The van der Waals surface area contributed by atoms with Crippen molar-refractivity contribution in [3.05, 3.63) is 93.7 Å². The normalized spacial score (nSPS) is 23.5. The van der Waals surface area contributed by atoms with E-state index >= 15 is 0 Å². The lowest BCUT2D eigenvalue weighted by atomic mass is 9.57. The fourth-order valence-electron chi connectivity index (χ4n) is 7.58. The predicted molar refractivity (Wildman–Crippen MR) is 172 cm³/mol. The number of methoxy groups -OCH3 is 1. The van der Waals surface area contributed by atoms with E-state index in [1.165, 1.54) is 0 Å². The second-order valence-electron chi connectivity index (χ2n) is 12.8. The number of nitrogens with zero attached hydrogens (tertiary/aromatic N) is 2. The third kappa shape index (κ3) is 4.92. The van der Waals surface area contributed by atoms with Crippen molar-refractivity contribution in [1.29, 1.82) is 0 Å². The largest absolute Gasteiger partial charge is 0.507 e. The maximum Gasteiger partial charge on any atom is 0.265 e. The smallest absolute Gasteiger partial charge is 0.265 e. The van der Waals surface area contributed by atoms with E-state index in [0.29, 0.717) is 37.1 Å². The predicted octanol–water partition coefficient (Wildman–Crippen LogP) is 4.11. The molecule has 11 heteroatoms. The second kappa shape index (κ2) is 11.9. The Morgan fingerprint density at radius 2 is 1.83 bits per heavy atom. The number of hydrogen-bond acceptors (Lipinski definition) is 11. The van der Waals surface area contributed by atoms with Crippen LogP contribution in [0.15, 0.2) is 64.7 Å². The number of carbonyl (C=O) groups excluding carboxylic acids is 2. The maximum atomic E-state index is 14.4. The number of phenols is 1. The molecule has 0 spiro atoms. The van der Waals surface area contributed by atoms with E-state index < -0.39 is 40.8 Å². The summed E-state index contributed by atoms with van der Waals surface area (Å²) in [7, 11) is 5.20. The molecule has 1 aromatic heterocycles. The van der Waals surface area contributed by atoms with Gasteiger partial charge in [0.05, 0.1) is 18.2 Å². The molecule has 0 saturated heterocycles. The van der Waals surface area contributed by atoms with Crippen molar-refractivity contribution in [3.8, 4) is 11.6 Å². The van der Waals surface area contributed by atoms with Gasteiger partial charge in [-0.3, -0.25) is 14.5 Å². The summed E-state index contributed by atoms with van der Waals surface area (Å²) >= 11 is 0. The topological polar surface area (TPSA) is 155 Å². The highest BCUT2D eigenvalue weighted by atomic mass is 16.5. The van der Waals surface area contributed by atoms with E-state index in [1.807, 2.05) is 54.6 Å². The second-order valence-corrected chi connectivity index (χ2v) is 12.8. The number of carbonyl (C=O) groups is 2. The Kier molecular flexibility index (Phi) is 7.88. The van der Waals surface area contributed by atoms with Crippen LogP contribution < -0.4 is 10.1 Å². The van der Waals surface area contributed by atoms with Gasteiger partial charge in [0.25, 0.3) is 5.88 Å². The molecular weight excluding hydrogens is 602 g/mol. The van der Waals surface area contributed by atoms with Gasteiger partial charge in [-0.05, 0) is 66.2 Å². The van der Waals surface area contributed by atoms with Gasteiger partial charge < -0.3 is 34.6 Å². The number of aliphatic hydroxyl groups is 2. The van der Waals surface area contributed by atoms with Gasteiger partial charge >= 0.3 is 0 Å². The minimum atomic E-state index is -2.51. The van der Waals surface area contributed by atoms with Gasteiger partial charge in [-0.15, -0.1) is 0 Å². The number of hydrogen-bond donors (Lipinski definition) is 4. The van der Waals surface area contributed by atoms with E-state index in [9.17, 15) is 24.9 Å². The Morgan fingerprint density at radius 1 is 1.04 bits per heavy atom. The SMILES string of the molecule is COCCNCc1ccc2cc3c(c(O)c2c1)C(O)=C1C(=O)[C@]2(O)C(=O)c4c(OCc5ccccc5)noc4[C@@H](N(C)C)[C@@H]2C[C@@H]1C3. The fraction of sp³-hybridized carbons (Fsp3) is 0.361. The van der Waals surface area contributed by atoms with Crippen LogP contribution in [0.3, 0.4) is 0 Å². The zero-order valence-electron chi connectivity index (χ0n) is 26.4. The number of Topliss-reactive ketones (excluding diaryl/α,β-unsaturated/α-hetero) is 2. The molecule has 3 aromatic carbocycles. The number of benzene rings is 3. The summed E-state index contributed by atoms with van der Waals surface area (Å²) in [6, 6.07) is 16.3. The highest BCUT2D eigenvalue weighted by molar-refractivity contribution is 6.26. The van der Waals surface area contributed by atoms with Crippen molar-refractivity contribution in [3.63, 3.8) is 0 Å². The highest BCUT2D eigenvalue weighted by Gasteiger charge is 2.65. The molecule has 0 amide bonds. The molecule has 1 saturated carbocycles. The van der Waals surface area contributed by atoms with Gasteiger partial charge in [0, 0.05) is 37.1 Å². The molecule has 4 N–H and O–H groups in total. The molecule has 0 bridgehead atoms. The Bertz CT molecular complexity index is 1920. The number of aromatic nitrogens is 1. The van der Waals surface area contributed by atoms with Crippen LogP contribution in [0.2, 0.25) is 0 Å². The van der Waals surface area contributed by atoms with Crippen LogP contribution >= 0.6 is 0 Å². The molecule has 3 aliphatic rings. The van der Waals surface area contributed by atoms with E-state index in [0.717, 1.165) is 16.5 Å². The van der Waals surface area contributed by atoms with Crippen molar-refractivity contribution in [2.75, 3.05) is 34.4 Å². The summed E-state index contributed by atoms with van der Waals surface area (Å²) in [5, 5.41) is 44.1. The number of ketones is 2. The maximum absolute atomic E-state index is 14.4. The number of aromatic hydroxyl groups is 1. The molecule has 1 fully saturated rings. The summed E-state index contributed by atoms with van der Waals surface area (Å²) < 4.78 is 16.7. The van der Waals surface area contributed by atoms with Crippen molar-refractivity contribution in [2.45, 2.75) is 37.6 Å². The van der Waals surface area contributed by atoms with Crippen molar-refractivity contribution in [1.82, 2.24) is 15.4 Å². The molecule has 244 valence electrons. The Labute approximate surface area is 271 Å². The van der Waals surface area contributed by atoms with Gasteiger partial charge in [0.1, 0.15) is 23.7 Å². The first-order chi connectivity index (χ1) is 22.6. The van der Waals surface area contributed by atoms with Crippen LogP contribution in [0.4, 0.5) is 0 Å². The van der Waals surface area contributed by atoms with Gasteiger partial charge in [0.2, 0.25) is 11.6 Å². The minimum Gasteiger partial charge on any atom is -0.507 e. The number of rotatable bonds is 9. The molecule has 3 aliphatic carbocycles. The summed E-state index contributed by atoms with van der Waals surface area (Å²) in [6.45, 7) is 1.87. The zero-order chi connectivity index (χ0) is 33.0. The van der Waals surface area contributed by atoms with E-state index in [-0.39, 0.29) is 47.1 Å². The average molecular weight is 640 g/mol. The third-order valence-electron chi connectivity index (χ3n) is 9.79. The summed E-state index contributed by atoms with van der Waals surface area (Å²) in [4.78, 5) is 30.5. The number of aliphatic hydroxyl groups excluding tert-OH is 1. The lowest BCUT2D eigenvalue weighted by Gasteiger charge is -2.49. The molecule has 4 aromatic rings. The molecule has 0 radical (unpaired) electrons. The lowest BCUT2D eigenvalue weighted by molar-refractivity contribution is -0.142. The summed E-state index contributed by atoms with van der Waals surface area (Å²) in [6.07, 6.45) is 0.542. The van der Waals surface area contributed by atoms with Crippen LogP contribution in [0, 0.1) is 11.8 Å². The quantitative estimate of drug-likeness (QED) is 0.155. The first-order valence-electron chi connectivity index (χ1n) is 15.7. The first-order valence-corrected chi connectivity index (χ1v) is 15.7. The van der Waals surface area contributed by atoms with Gasteiger partial charge in [-0.25, -0.2) is 0 Å². The molecular formula is C36H37N3O8. The molecule has 4 atom stereocenters. The standard InChI is InChI=1S/C36H37N3O8/c1-39(2)29-25-16-23-15-22-14-21-10-9-20(17-37-11-12-45-3)13-24(21)30(40)26(22)31(41)27(23)33(42)36(25,44)34(43)28-32(29)47-38-35(28)46-18-19-7-5-4-6-8-19/h4-10,13-14,23,25,29,37,40-41,44H,11-12,15-18H2,1-3H3/t23-,25-,29-,36-/m0/s1. The van der Waals surface area contributed by atoms with Crippen LogP contribution in [-0.2, 0) is 29.1 Å². The third-order valence-corrected chi connectivity index (χ3v) is 9.79. The molecule has 11 nitrogen and oxygen atoms in total. The first kappa shape index (κ1) is 31.1. The summed E-state index contributed by atoms with van der Waals surface area (Å²) in [5.74, 6) is -3.58. The molecule has 47 heavy (non-hydrogen) atoms. The minimum absolute atomic E-state index is 0.0548. The number of fused-ring (bicyclic) bond motifs is 5. The molecule has 1 heterocycles. The lowest BCUT2D eigenvalue weighted by Crippen LogP contribution is -2.63. The van der Waals surface area contributed by atoms with Gasteiger partial charge in [-0.1, -0.05) is 48.5 Å². The van der Waals surface area contributed by atoms with E-state index in [4.69, 9.17) is 14.0 Å². The van der Waals surface area contributed by atoms with Crippen molar-refractivity contribution >= 4 is 28.1 Å². The highest BCUT2D eigenvalue weighted by Crippen LogP contribution is 2.56.